The molecule has 0 amide bonds. The number of rotatable bonds is 5. The topological polar surface area (TPSA) is 116 Å². The molecule has 0 radical (unpaired) electrons. The van der Waals surface area contributed by atoms with Crippen LogP contribution in [0, 0.1) is 23.7 Å². The fourth-order valence-corrected chi connectivity index (χ4v) is 6.32. The Bertz CT molecular complexity index is 751. The Hall–Kier alpha value is -1.68. The molecule has 27 heavy (non-hydrogen) atoms. The molecule has 2 aliphatic carbocycles. The molecule has 2 aliphatic heterocycles. The predicted molar refractivity (Wildman–Crippen MR) is 90.1 cm³/mol. The second-order valence-electron chi connectivity index (χ2n) is 7.74. The van der Waals surface area contributed by atoms with Crippen molar-refractivity contribution in [3.63, 3.8) is 0 Å². The maximum Gasteiger partial charge on any atom is 0.310 e. The standard InChI is InChI=1S/C17H23NO8S/c1-24-16(20)12-9-8-10-13(12)17(21)26-15(10)14(9)25-11(19)2-3-18-4-6-27(22,23)7-5-18/h9-10,12-15H,2-8H2,1H3. The highest BCUT2D eigenvalue weighted by Gasteiger charge is 2.70. The summed E-state index contributed by atoms with van der Waals surface area (Å²) in [5.41, 5.74) is 0. The number of sulfone groups is 1. The smallest absolute Gasteiger partial charge is 0.310 e. The molecule has 150 valence electrons. The van der Waals surface area contributed by atoms with Gasteiger partial charge in [0.25, 0.3) is 0 Å². The molecule has 0 aromatic carbocycles. The van der Waals surface area contributed by atoms with Gasteiger partial charge in [0.05, 0.1) is 36.9 Å². The Morgan fingerprint density at radius 1 is 1.22 bits per heavy atom. The highest BCUT2D eigenvalue weighted by atomic mass is 32.2. The van der Waals surface area contributed by atoms with Crippen LogP contribution >= 0.6 is 0 Å². The van der Waals surface area contributed by atoms with Crippen molar-refractivity contribution in [3.05, 3.63) is 0 Å². The zero-order valence-electron chi connectivity index (χ0n) is 15.0. The minimum Gasteiger partial charge on any atom is -0.469 e. The summed E-state index contributed by atoms with van der Waals surface area (Å²) in [5.74, 6) is -2.54. The van der Waals surface area contributed by atoms with Gasteiger partial charge in [0.1, 0.15) is 12.2 Å². The number of carbonyl (C=O) groups is 3. The molecule has 0 spiro atoms. The van der Waals surface area contributed by atoms with Gasteiger partial charge in [-0.1, -0.05) is 0 Å². The van der Waals surface area contributed by atoms with Gasteiger partial charge in [-0.2, -0.15) is 0 Å². The van der Waals surface area contributed by atoms with Crippen molar-refractivity contribution in [2.75, 3.05) is 38.2 Å². The van der Waals surface area contributed by atoms with Gasteiger partial charge in [-0.15, -0.1) is 0 Å². The van der Waals surface area contributed by atoms with Gasteiger partial charge in [-0.05, 0) is 6.42 Å². The fraction of sp³-hybridized carbons (Fsp3) is 0.824. The number of nitrogens with zero attached hydrogens (tertiary/aromatic N) is 1. The summed E-state index contributed by atoms with van der Waals surface area (Å²) in [4.78, 5) is 38.5. The molecule has 9 nitrogen and oxygen atoms in total. The number of methoxy groups -OCH3 is 1. The lowest BCUT2D eigenvalue weighted by Gasteiger charge is -2.30. The van der Waals surface area contributed by atoms with Gasteiger partial charge < -0.3 is 19.1 Å². The Labute approximate surface area is 157 Å². The molecule has 6 unspecified atom stereocenters. The molecule has 2 saturated heterocycles. The summed E-state index contributed by atoms with van der Waals surface area (Å²) in [6.45, 7) is 1.24. The minimum absolute atomic E-state index is 0.100. The van der Waals surface area contributed by atoms with E-state index >= 15 is 0 Å². The highest BCUT2D eigenvalue weighted by Crippen LogP contribution is 2.58. The van der Waals surface area contributed by atoms with Crippen LogP contribution in [0.3, 0.4) is 0 Å². The van der Waals surface area contributed by atoms with Crippen molar-refractivity contribution in [3.8, 4) is 0 Å². The minimum atomic E-state index is -2.96. The van der Waals surface area contributed by atoms with Crippen LogP contribution in [0.2, 0.25) is 0 Å². The third-order valence-electron chi connectivity index (χ3n) is 6.36. The Balaban J connectivity index is 1.35. The molecule has 2 saturated carbocycles. The lowest BCUT2D eigenvalue weighted by atomic mass is 9.78. The van der Waals surface area contributed by atoms with Gasteiger partial charge in [0.2, 0.25) is 0 Å². The van der Waals surface area contributed by atoms with Crippen LogP contribution in [-0.2, 0) is 38.4 Å². The van der Waals surface area contributed by atoms with Crippen LogP contribution in [0.5, 0.6) is 0 Å². The number of hydrogen-bond donors (Lipinski definition) is 0. The predicted octanol–water partition coefficient (Wildman–Crippen LogP) is -1.00. The van der Waals surface area contributed by atoms with Gasteiger partial charge >= 0.3 is 17.9 Å². The van der Waals surface area contributed by atoms with E-state index in [4.69, 9.17) is 14.2 Å². The zero-order chi connectivity index (χ0) is 19.3. The highest BCUT2D eigenvalue weighted by molar-refractivity contribution is 7.91. The molecule has 2 heterocycles. The average molecular weight is 401 g/mol. The number of fused-ring (bicyclic) bond motifs is 1. The SMILES string of the molecule is COC(=O)C1C2CC3C(OC(=O)C31)C2OC(=O)CCN1CCS(=O)(=O)CC1. The Kier molecular flexibility index (Phi) is 4.66. The molecular weight excluding hydrogens is 378 g/mol. The van der Waals surface area contributed by atoms with Crippen LogP contribution in [0.25, 0.3) is 0 Å². The maximum atomic E-state index is 12.3. The van der Waals surface area contributed by atoms with E-state index in [0.29, 0.717) is 26.1 Å². The third kappa shape index (κ3) is 3.22. The van der Waals surface area contributed by atoms with Crippen molar-refractivity contribution >= 4 is 27.7 Å². The molecule has 4 aliphatic rings. The fourth-order valence-electron chi connectivity index (χ4n) is 5.04. The number of ether oxygens (including phenoxy) is 3. The summed E-state index contributed by atoms with van der Waals surface area (Å²) < 4.78 is 38.7. The van der Waals surface area contributed by atoms with Crippen LogP contribution in [-0.4, -0.2) is 81.7 Å². The van der Waals surface area contributed by atoms with E-state index in [1.807, 2.05) is 4.90 Å². The first-order valence-electron chi connectivity index (χ1n) is 9.21. The Morgan fingerprint density at radius 2 is 1.93 bits per heavy atom. The van der Waals surface area contributed by atoms with Gasteiger partial charge in [0.15, 0.2) is 9.84 Å². The second kappa shape index (κ2) is 6.73. The van der Waals surface area contributed by atoms with Crippen molar-refractivity contribution in [2.45, 2.75) is 25.0 Å². The summed E-state index contributed by atoms with van der Waals surface area (Å²) in [7, 11) is -1.67. The first kappa shape index (κ1) is 18.7. The van der Waals surface area contributed by atoms with E-state index in [9.17, 15) is 22.8 Å². The number of esters is 3. The lowest BCUT2D eigenvalue weighted by Crippen LogP contribution is -2.44. The van der Waals surface area contributed by atoms with Crippen molar-refractivity contribution in [1.29, 1.82) is 0 Å². The van der Waals surface area contributed by atoms with E-state index in [0.717, 1.165) is 0 Å². The molecule has 0 N–H and O–H groups in total. The van der Waals surface area contributed by atoms with Crippen LogP contribution in [0.1, 0.15) is 12.8 Å². The normalized spacial score (nSPS) is 39.2. The largest absolute Gasteiger partial charge is 0.469 e. The van der Waals surface area contributed by atoms with Gasteiger partial charge in [0, 0.05) is 31.5 Å². The van der Waals surface area contributed by atoms with E-state index in [1.165, 1.54) is 7.11 Å². The van der Waals surface area contributed by atoms with E-state index < -0.39 is 51.8 Å². The van der Waals surface area contributed by atoms with Crippen molar-refractivity contribution in [2.24, 2.45) is 23.7 Å². The van der Waals surface area contributed by atoms with E-state index in [-0.39, 0.29) is 29.8 Å². The molecule has 0 aromatic heterocycles. The Morgan fingerprint density at radius 3 is 2.59 bits per heavy atom. The van der Waals surface area contributed by atoms with Crippen LogP contribution in [0.4, 0.5) is 0 Å². The average Bonchev–Trinajstić information content (AvgIpc) is 3.23. The van der Waals surface area contributed by atoms with Crippen molar-refractivity contribution < 1.29 is 37.0 Å². The molecule has 4 fully saturated rings. The molecule has 4 rings (SSSR count). The van der Waals surface area contributed by atoms with Crippen molar-refractivity contribution in [1.82, 2.24) is 4.90 Å². The molecular formula is C17H23NO8S. The monoisotopic (exact) mass is 401 g/mol. The second-order valence-corrected chi connectivity index (χ2v) is 10.0. The molecule has 0 aromatic rings. The summed E-state index contributed by atoms with van der Waals surface area (Å²) in [6, 6.07) is 0. The molecule has 2 bridgehead atoms. The summed E-state index contributed by atoms with van der Waals surface area (Å²) in [6.07, 6.45) is -0.350. The van der Waals surface area contributed by atoms with E-state index in [2.05, 4.69) is 0 Å². The number of carbonyl (C=O) groups excluding carboxylic acids is 3. The van der Waals surface area contributed by atoms with Gasteiger partial charge in [-0.25, -0.2) is 8.42 Å². The summed E-state index contributed by atoms with van der Waals surface area (Å²) in [5, 5.41) is 0. The first-order chi connectivity index (χ1) is 12.8. The maximum absolute atomic E-state index is 12.3. The summed E-state index contributed by atoms with van der Waals surface area (Å²) >= 11 is 0. The van der Waals surface area contributed by atoms with E-state index in [1.54, 1.807) is 0 Å². The quantitative estimate of drug-likeness (QED) is 0.422. The molecule has 6 atom stereocenters. The third-order valence-corrected chi connectivity index (χ3v) is 7.97. The zero-order valence-corrected chi connectivity index (χ0v) is 15.9. The van der Waals surface area contributed by atoms with Crippen LogP contribution in [0.15, 0.2) is 0 Å². The molecule has 10 heteroatoms. The number of hydrogen-bond acceptors (Lipinski definition) is 9. The first-order valence-corrected chi connectivity index (χ1v) is 11.0. The van der Waals surface area contributed by atoms with Gasteiger partial charge in [-0.3, -0.25) is 14.4 Å². The van der Waals surface area contributed by atoms with Crippen LogP contribution < -0.4 is 0 Å². The lowest BCUT2D eigenvalue weighted by molar-refractivity contribution is -0.165.